The molecule has 1 aliphatic heterocycles. The summed E-state index contributed by atoms with van der Waals surface area (Å²) in [5.74, 6) is -0.299. The second-order valence-corrected chi connectivity index (χ2v) is 6.19. The Morgan fingerprint density at radius 1 is 1.36 bits per heavy atom. The average Bonchev–Trinajstić information content (AvgIpc) is 3.12. The minimum Gasteiger partial charge on any atom is -0.369 e. The molecule has 0 radical (unpaired) electrons. The van der Waals surface area contributed by atoms with E-state index in [9.17, 15) is 4.79 Å². The molecule has 2 heterocycles. The molecular formula is C14H15Cl2N5O. The van der Waals surface area contributed by atoms with E-state index < -0.39 is 0 Å². The Morgan fingerprint density at radius 3 is 2.86 bits per heavy atom. The van der Waals surface area contributed by atoms with Gasteiger partial charge in [0.05, 0.1) is 33.5 Å². The summed E-state index contributed by atoms with van der Waals surface area (Å²) in [6.07, 6.45) is 2.65. The van der Waals surface area contributed by atoms with Gasteiger partial charge in [0.15, 0.2) is 0 Å². The molecule has 6 nitrogen and oxygen atoms in total. The maximum atomic E-state index is 11.2. The first kappa shape index (κ1) is 15.3. The number of hydrogen-bond donors (Lipinski definition) is 1. The minimum absolute atomic E-state index is 0.0647. The Hall–Kier alpha value is -1.63. The van der Waals surface area contributed by atoms with E-state index >= 15 is 0 Å². The number of nitrogens with zero attached hydrogens (tertiary/aromatic N) is 4. The first-order valence-electron chi connectivity index (χ1n) is 6.91. The molecule has 1 fully saturated rings. The summed E-state index contributed by atoms with van der Waals surface area (Å²) >= 11 is 11.9. The molecule has 1 aromatic heterocycles. The molecule has 1 saturated heterocycles. The zero-order chi connectivity index (χ0) is 15.7. The molecule has 0 bridgehead atoms. The monoisotopic (exact) mass is 339 g/mol. The van der Waals surface area contributed by atoms with Crippen LogP contribution in [-0.2, 0) is 11.3 Å². The highest BCUT2D eigenvalue weighted by atomic mass is 35.5. The van der Waals surface area contributed by atoms with Gasteiger partial charge in [-0.2, -0.15) is 0 Å². The summed E-state index contributed by atoms with van der Waals surface area (Å²) in [6.45, 7) is 2.16. The standard InChI is InChI=1S/C14H15Cl2N5O/c15-12-2-1-11(5-13(12)16)21-8-10(18-19-21)7-20-4-3-9(6-20)14(17)22/h1-2,5,8-9H,3-4,6-7H2,(H2,17,22). The lowest BCUT2D eigenvalue weighted by Crippen LogP contribution is -2.27. The summed E-state index contributed by atoms with van der Waals surface area (Å²) in [6, 6.07) is 5.28. The Kier molecular flexibility index (Phi) is 4.33. The summed E-state index contributed by atoms with van der Waals surface area (Å²) in [4.78, 5) is 13.3. The van der Waals surface area contributed by atoms with Crippen molar-refractivity contribution in [2.24, 2.45) is 11.7 Å². The molecule has 3 rings (SSSR count). The highest BCUT2D eigenvalue weighted by Gasteiger charge is 2.26. The predicted octanol–water partition coefficient (Wildman–Crippen LogP) is 1.88. The van der Waals surface area contributed by atoms with Crippen molar-refractivity contribution in [3.8, 4) is 5.69 Å². The quantitative estimate of drug-likeness (QED) is 0.922. The van der Waals surface area contributed by atoms with Crippen LogP contribution in [0.5, 0.6) is 0 Å². The van der Waals surface area contributed by atoms with Gasteiger partial charge in [0.1, 0.15) is 0 Å². The molecule has 22 heavy (non-hydrogen) atoms. The van der Waals surface area contributed by atoms with Gasteiger partial charge < -0.3 is 5.73 Å². The fourth-order valence-corrected chi connectivity index (χ4v) is 2.85. The second-order valence-electron chi connectivity index (χ2n) is 5.38. The fraction of sp³-hybridized carbons (Fsp3) is 0.357. The van der Waals surface area contributed by atoms with Crippen molar-refractivity contribution >= 4 is 29.1 Å². The Balaban J connectivity index is 1.69. The zero-order valence-corrected chi connectivity index (χ0v) is 13.3. The molecule has 0 saturated carbocycles. The van der Waals surface area contributed by atoms with Crippen LogP contribution in [0.15, 0.2) is 24.4 Å². The van der Waals surface area contributed by atoms with Crippen LogP contribution in [0, 0.1) is 5.92 Å². The first-order chi connectivity index (χ1) is 10.5. The van der Waals surface area contributed by atoms with E-state index in [0.717, 1.165) is 24.3 Å². The third kappa shape index (κ3) is 3.24. The van der Waals surface area contributed by atoms with Crippen LogP contribution in [0.25, 0.3) is 5.69 Å². The normalized spacial score (nSPS) is 18.7. The lowest BCUT2D eigenvalue weighted by atomic mass is 10.1. The summed E-state index contributed by atoms with van der Waals surface area (Å²) < 4.78 is 1.65. The summed E-state index contributed by atoms with van der Waals surface area (Å²) in [5.41, 5.74) is 6.96. The molecule has 116 valence electrons. The zero-order valence-electron chi connectivity index (χ0n) is 11.7. The summed E-state index contributed by atoms with van der Waals surface area (Å²) in [5, 5.41) is 9.23. The third-order valence-corrected chi connectivity index (χ3v) is 4.51. The van der Waals surface area contributed by atoms with Gasteiger partial charge in [0.25, 0.3) is 0 Å². The van der Waals surface area contributed by atoms with E-state index in [4.69, 9.17) is 28.9 Å². The van der Waals surface area contributed by atoms with E-state index in [-0.39, 0.29) is 11.8 Å². The number of carbonyl (C=O) groups excluding carboxylic acids is 1. The van der Waals surface area contributed by atoms with Gasteiger partial charge in [-0.25, -0.2) is 4.68 Å². The molecule has 0 aliphatic carbocycles. The molecule has 1 amide bonds. The second kappa shape index (κ2) is 6.24. The molecule has 0 spiro atoms. The van der Waals surface area contributed by atoms with Gasteiger partial charge in [-0.1, -0.05) is 28.4 Å². The number of carbonyl (C=O) groups is 1. The highest BCUT2D eigenvalue weighted by molar-refractivity contribution is 6.42. The number of primary amides is 1. The predicted molar refractivity (Wildman–Crippen MR) is 84.0 cm³/mol. The van der Waals surface area contributed by atoms with Gasteiger partial charge in [-0.15, -0.1) is 5.10 Å². The van der Waals surface area contributed by atoms with Gasteiger partial charge in [-0.05, 0) is 31.2 Å². The van der Waals surface area contributed by atoms with Crippen molar-refractivity contribution in [2.75, 3.05) is 13.1 Å². The van der Waals surface area contributed by atoms with Crippen molar-refractivity contribution < 1.29 is 4.79 Å². The molecule has 2 aromatic rings. The van der Waals surface area contributed by atoms with Gasteiger partial charge in [-0.3, -0.25) is 9.69 Å². The van der Waals surface area contributed by atoms with Crippen LogP contribution in [0.3, 0.4) is 0 Å². The maximum absolute atomic E-state index is 11.2. The average molecular weight is 340 g/mol. The Morgan fingerprint density at radius 2 is 2.18 bits per heavy atom. The van der Waals surface area contributed by atoms with Gasteiger partial charge in [0.2, 0.25) is 5.91 Å². The minimum atomic E-state index is -0.234. The number of likely N-dealkylation sites (tertiary alicyclic amines) is 1. The van der Waals surface area contributed by atoms with Crippen molar-refractivity contribution in [3.63, 3.8) is 0 Å². The molecule has 8 heteroatoms. The van der Waals surface area contributed by atoms with E-state index in [1.165, 1.54) is 0 Å². The van der Waals surface area contributed by atoms with Crippen molar-refractivity contribution in [2.45, 2.75) is 13.0 Å². The Bertz CT molecular complexity index is 702. The maximum Gasteiger partial charge on any atom is 0.221 e. The first-order valence-corrected chi connectivity index (χ1v) is 7.67. The number of aromatic nitrogens is 3. The van der Waals surface area contributed by atoms with Crippen LogP contribution in [0.2, 0.25) is 10.0 Å². The topological polar surface area (TPSA) is 77.0 Å². The molecule has 2 N–H and O–H groups in total. The number of amides is 1. The number of nitrogens with two attached hydrogens (primary N) is 1. The van der Waals surface area contributed by atoms with E-state index in [1.807, 2.05) is 12.3 Å². The largest absolute Gasteiger partial charge is 0.369 e. The molecule has 1 aromatic carbocycles. The molecule has 1 unspecified atom stereocenters. The van der Waals surface area contributed by atoms with Crippen LogP contribution >= 0.6 is 23.2 Å². The molecule has 1 aliphatic rings. The van der Waals surface area contributed by atoms with Crippen LogP contribution in [0.1, 0.15) is 12.1 Å². The SMILES string of the molecule is NC(=O)C1CCN(Cc2cn(-c3ccc(Cl)c(Cl)c3)nn2)C1. The number of rotatable bonds is 4. The van der Waals surface area contributed by atoms with Crippen molar-refractivity contribution in [1.29, 1.82) is 0 Å². The van der Waals surface area contributed by atoms with Crippen LogP contribution < -0.4 is 5.73 Å². The van der Waals surface area contributed by atoms with E-state index in [0.29, 0.717) is 23.1 Å². The summed E-state index contributed by atoms with van der Waals surface area (Å²) in [7, 11) is 0. The van der Waals surface area contributed by atoms with Crippen molar-refractivity contribution in [1.82, 2.24) is 19.9 Å². The molecular weight excluding hydrogens is 325 g/mol. The van der Waals surface area contributed by atoms with E-state index in [1.54, 1.807) is 16.8 Å². The lowest BCUT2D eigenvalue weighted by molar-refractivity contribution is -0.121. The van der Waals surface area contributed by atoms with Crippen molar-refractivity contribution in [3.05, 3.63) is 40.1 Å². The van der Waals surface area contributed by atoms with Crippen LogP contribution in [0.4, 0.5) is 0 Å². The van der Waals surface area contributed by atoms with Crippen LogP contribution in [-0.4, -0.2) is 38.9 Å². The van der Waals surface area contributed by atoms with Gasteiger partial charge in [0, 0.05) is 13.1 Å². The highest BCUT2D eigenvalue weighted by Crippen LogP contribution is 2.24. The fourth-order valence-electron chi connectivity index (χ4n) is 2.56. The van der Waals surface area contributed by atoms with E-state index in [2.05, 4.69) is 15.2 Å². The smallest absolute Gasteiger partial charge is 0.221 e. The number of halogens is 2. The lowest BCUT2D eigenvalue weighted by Gasteiger charge is -2.12. The number of hydrogen-bond acceptors (Lipinski definition) is 4. The number of benzene rings is 1. The third-order valence-electron chi connectivity index (χ3n) is 3.77. The van der Waals surface area contributed by atoms with Gasteiger partial charge >= 0.3 is 0 Å². The Labute approximate surface area is 137 Å². The molecule has 1 atom stereocenters.